The second kappa shape index (κ2) is 8.77. The zero-order valence-corrected chi connectivity index (χ0v) is 17.3. The van der Waals surface area contributed by atoms with Crippen molar-refractivity contribution in [3.05, 3.63) is 47.7 Å². The summed E-state index contributed by atoms with van der Waals surface area (Å²) in [6.45, 7) is 2.36. The Labute approximate surface area is 174 Å². The Morgan fingerprint density at radius 2 is 1.67 bits per heavy atom. The maximum atomic E-state index is 12.8. The molecule has 0 aliphatic carbocycles. The minimum atomic E-state index is -1.07. The molecule has 0 atom stereocenters. The molecule has 2 aromatic carbocycles. The fraction of sp³-hybridized carbons (Fsp3) is 0.273. The van der Waals surface area contributed by atoms with Crippen molar-refractivity contribution >= 4 is 28.5 Å². The smallest absolute Gasteiger partial charge is 0.352 e. The van der Waals surface area contributed by atoms with Gasteiger partial charge in [-0.3, -0.25) is 4.79 Å². The second-order valence-electron chi connectivity index (χ2n) is 6.53. The van der Waals surface area contributed by atoms with Gasteiger partial charge in [0.2, 0.25) is 11.7 Å². The number of benzene rings is 2. The quantitative estimate of drug-likeness (QED) is 0.587. The minimum absolute atomic E-state index is 0.0915. The molecule has 3 aromatic rings. The third kappa shape index (κ3) is 3.76. The van der Waals surface area contributed by atoms with E-state index in [4.69, 9.17) is 14.2 Å². The van der Waals surface area contributed by atoms with Gasteiger partial charge in [0, 0.05) is 40.8 Å². The van der Waals surface area contributed by atoms with E-state index in [0.29, 0.717) is 35.0 Å². The molecule has 1 aromatic heterocycles. The van der Waals surface area contributed by atoms with Crippen LogP contribution in [0.2, 0.25) is 0 Å². The SMILES string of the molecule is CCn1c(C(=O)O)c(CC(=O)Nc2cc(OC)c(OC)c(OC)c2)c2ccccc21. The van der Waals surface area contributed by atoms with E-state index in [9.17, 15) is 14.7 Å². The molecular weight excluding hydrogens is 388 g/mol. The first-order valence-electron chi connectivity index (χ1n) is 9.38. The lowest BCUT2D eigenvalue weighted by molar-refractivity contribution is -0.115. The van der Waals surface area contributed by atoms with Crippen molar-refractivity contribution in [2.45, 2.75) is 19.9 Å². The number of fused-ring (bicyclic) bond motifs is 1. The molecule has 0 aliphatic heterocycles. The molecule has 158 valence electrons. The molecule has 2 N–H and O–H groups in total. The number of nitrogens with one attached hydrogen (secondary N) is 1. The van der Waals surface area contributed by atoms with Crippen LogP contribution in [0, 0.1) is 0 Å². The fourth-order valence-electron chi connectivity index (χ4n) is 3.65. The van der Waals surface area contributed by atoms with Crippen molar-refractivity contribution in [1.82, 2.24) is 4.57 Å². The van der Waals surface area contributed by atoms with Gasteiger partial charge in [-0.05, 0) is 13.0 Å². The zero-order valence-electron chi connectivity index (χ0n) is 17.3. The van der Waals surface area contributed by atoms with Crippen LogP contribution in [0.5, 0.6) is 17.2 Å². The maximum Gasteiger partial charge on any atom is 0.352 e. The average molecular weight is 412 g/mol. The summed E-state index contributed by atoms with van der Waals surface area (Å²) in [4.78, 5) is 24.8. The number of carbonyl (C=O) groups is 2. The number of carbonyl (C=O) groups excluding carboxylic acids is 1. The molecule has 30 heavy (non-hydrogen) atoms. The number of rotatable bonds is 8. The summed E-state index contributed by atoms with van der Waals surface area (Å²) >= 11 is 0. The van der Waals surface area contributed by atoms with Gasteiger partial charge in [-0.1, -0.05) is 18.2 Å². The van der Waals surface area contributed by atoms with Crippen molar-refractivity contribution in [2.24, 2.45) is 0 Å². The molecule has 1 heterocycles. The van der Waals surface area contributed by atoms with E-state index in [2.05, 4.69) is 5.32 Å². The number of methoxy groups -OCH3 is 3. The monoisotopic (exact) mass is 412 g/mol. The van der Waals surface area contributed by atoms with E-state index < -0.39 is 5.97 Å². The Bertz CT molecular complexity index is 1080. The summed E-state index contributed by atoms with van der Waals surface area (Å²) in [6.07, 6.45) is -0.0915. The lowest BCUT2D eigenvalue weighted by Crippen LogP contribution is -2.17. The van der Waals surface area contributed by atoms with Crippen LogP contribution in [0.15, 0.2) is 36.4 Å². The van der Waals surface area contributed by atoms with Gasteiger partial charge >= 0.3 is 5.97 Å². The van der Waals surface area contributed by atoms with E-state index >= 15 is 0 Å². The topological polar surface area (TPSA) is 99.0 Å². The largest absolute Gasteiger partial charge is 0.493 e. The summed E-state index contributed by atoms with van der Waals surface area (Å²) in [7, 11) is 4.47. The predicted molar refractivity (Wildman–Crippen MR) is 113 cm³/mol. The molecule has 8 heteroatoms. The third-order valence-electron chi connectivity index (χ3n) is 4.88. The summed E-state index contributed by atoms with van der Waals surface area (Å²) in [5, 5.41) is 13.3. The Balaban J connectivity index is 1.97. The van der Waals surface area contributed by atoms with Gasteiger partial charge in [0.15, 0.2) is 11.5 Å². The number of nitrogens with zero attached hydrogens (tertiary/aromatic N) is 1. The highest BCUT2D eigenvalue weighted by Crippen LogP contribution is 2.40. The van der Waals surface area contributed by atoms with Crippen molar-refractivity contribution in [1.29, 1.82) is 0 Å². The van der Waals surface area contributed by atoms with Crippen molar-refractivity contribution in [3.8, 4) is 17.2 Å². The Morgan fingerprint density at radius 1 is 1.03 bits per heavy atom. The van der Waals surface area contributed by atoms with E-state index in [1.807, 2.05) is 31.2 Å². The molecule has 0 radical (unpaired) electrons. The summed E-state index contributed by atoms with van der Waals surface area (Å²) in [5.74, 6) is -0.200. The van der Waals surface area contributed by atoms with Gasteiger partial charge in [-0.2, -0.15) is 0 Å². The number of anilines is 1. The zero-order chi connectivity index (χ0) is 21.8. The highest BCUT2D eigenvalue weighted by atomic mass is 16.5. The number of para-hydroxylation sites is 1. The second-order valence-corrected chi connectivity index (χ2v) is 6.53. The first-order valence-corrected chi connectivity index (χ1v) is 9.38. The minimum Gasteiger partial charge on any atom is -0.493 e. The van der Waals surface area contributed by atoms with E-state index in [-0.39, 0.29) is 18.0 Å². The van der Waals surface area contributed by atoms with Crippen LogP contribution in [0.3, 0.4) is 0 Å². The van der Waals surface area contributed by atoms with Gasteiger partial charge in [-0.15, -0.1) is 0 Å². The van der Waals surface area contributed by atoms with Crippen molar-refractivity contribution in [3.63, 3.8) is 0 Å². The molecular formula is C22H24N2O6. The number of carboxylic acids is 1. The molecule has 0 fully saturated rings. The summed E-state index contributed by atoms with van der Waals surface area (Å²) < 4.78 is 17.6. The number of carboxylic acid groups (broad SMARTS) is 1. The van der Waals surface area contributed by atoms with Gasteiger partial charge in [0.25, 0.3) is 0 Å². The first kappa shape index (κ1) is 21.0. The van der Waals surface area contributed by atoms with Crippen LogP contribution in [0.1, 0.15) is 23.0 Å². The Hall–Kier alpha value is -3.68. The van der Waals surface area contributed by atoms with Crippen LogP contribution >= 0.6 is 0 Å². The number of aromatic nitrogens is 1. The number of aromatic carboxylic acids is 1. The standard InChI is InChI=1S/C22H24N2O6/c1-5-24-16-9-7-6-8-14(16)15(20(24)22(26)27)12-19(25)23-13-10-17(28-2)21(30-4)18(11-13)29-3/h6-11H,5,12H2,1-4H3,(H,23,25)(H,26,27). The van der Waals surface area contributed by atoms with Crippen molar-refractivity contribution in [2.75, 3.05) is 26.6 Å². The molecule has 0 saturated carbocycles. The lowest BCUT2D eigenvalue weighted by atomic mass is 10.1. The van der Waals surface area contributed by atoms with Crippen LogP contribution in [-0.2, 0) is 17.8 Å². The van der Waals surface area contributed by atoms with E-state index in [1.54, 1.807) is 16.7 Å². The van der Waals surface area contributed by atoms with E-state index in [1.165, 1.54) is 21.3 Å². The van der Waals surface area contributed by atoms with Crippen molar-refractivity contribution < 1.29 is 28.9 Å². The van der Waals surface area contributed by atoms with E-state index in [0.717, 1.165) is 10.9 Å². The first-order chi connectivity index (χ1) is 14.4. The number of aryl methyl sites for hydroxylation is 1. The normalized spacial score (nSPS) is 10.7. The highest BCUT2D eigenvalue weighted by molar-refractivity contribution is 6.03. The van der Waals surface area contributed by atoms with Crippen LogP contribution < -0.4 is 19.5 Å². The average Bonchev–Trinajstić information content (AvgIpc) is 3.06. The van der Waals surface area contributed by atoms with Gasteiger partial charge in [0.05, 0.1) is 27.8 Å². The molecule has 8 nitrogen and oxygen atoms in total. The molecule has 0 saturated heterocycles. The maximum absolute atomic E-state index is 12.8. The molecule has 1 amide bonds. The van der Waals surface area contributed by atoms with Gasteiger partial charge < -0.3 is 29.2 Å². The predicted octanol–water partition coefficient (Wildman–Crippen LogP) is 3.57. The summed E-state index contributed by atoms with van der Waals surface area (Å²) in [5.41, 5.74) is 1.84. The molecule has 0 bridgehead atoms. The third-order valence-corrected chi connectivity index (χ3v) is 4.88. The van der Waals surface area contributed by atoms with Gasteiger partial charge in [0.1, 0.15) is 5.69 Å². The summed E-state index contributed by atoms with van der Waals surface area (Å²) in [6, 6.07) is 10.6. The van der Waals surface area contributed by atoms with Crippen LogP contribution in [0.25, 0.3) is 10.9 Å². The molecule has 0 aliphatic rings. The van der Waals surface area contributed by atoms with Gasteiger partial charge in [-0.25, -0.2) is 4.79 Å². The Morgan fingerprint density at radius 3 is 2.20 bits per heavy atom. The lowest BCUT2D eigenvalue weighted by Gasteiger charge is -2.14. The number of hydrogen-bond acceptors (Lipinski definition) is 5. The highest BCUT2D eigenvalue weighted by Gasteiger charge is 2.23. The molecule has 3 rings (SSSR count). The number of amides is 1. The van der Waals surface area contributed by atoms with Crippen LogP contribution in [0.4, 0.5) is 5.69 Å². The molecule has 0 spiro atoms. The Kier molecular flexibility index (Phi) is 6.15. The number of ether oxygens (including phenoxy) is 3. The molecule has 0 unspecified atom stereocenters. The number of hydrogen-bond donors (Lipinski definition) is 2. The van der Waals surface area contributed by atoms with Crippen LogP contribution in [-0.4, -0.2) is 42.9 Å². The fourth-order valence-corrected chi connectivity index (χ4v) is 3.65.